The summed E-state index contributed by atoms with van der Waals surface area (Å²) in [6, 6.07) is 10.1. The van der Waals surface area contributed by atoms with Crippen LogP contribution in [0.3, 0.4) is 0 Å². The van der Waals surface area contributed by atoms with Crippen LogP contribution in [-0.4, -0.2) is 40.0 Å². The van der Waals surface area contributed by atoms with Gasteiger partial charge in [0.1, 0.15) is 6.10 Å². The molecule has 3 rings (SSSR count). The molecule has 0 unspecified atom stereocenters. The summed E-state index contributed by atoms with van der Waals surface area (Å²) in [7, 11) is 0. The van der Waals surface area contributed by atoms with Crippen LogP contribution in [0.15, 0.2) is 35.5 Å². The first kappa shape index (κ1) is 16.0. The number of nitrogens with zero attached hydrogens (tertiary/aromatic N) is 2. The molecule has 1 aromatic heterocycles. The van der Waals surface area contributed by atoms with E-state index in [2.05, 4.69) is 32.6 Å². The number of hydrogen-bond donors (Lipinski definition) is 2. The molecule has 2 aromatic rings. The van der Waals surface area contributed by atoms with Crippen molar-refractivity contribution in [2.24, 2.45) is 0 Å². The summed E-state index contributed by atoms with van der Waals surface area (Å²) in [6.07, 6.45) is 2.88. The van der Waals surface area contributed by atoms with Gasteiger partial charge in [-0.25, -0.2) is 4.98 Å². The zero-order valence-corrected chi connectivity index (χ0v) is 13.6. The first-order valence-electron chi connectivity index (χ1n) is 7.78. The number of nitrogens with one attached hydrogen (secondary N) is 2. The third-order valence-electron chi connectivity index (χ3n) is 3.63. The second-order valence-electron chi connectivity index (χ2n) is 5.38. The van der Waals surface area contributed by atoms with Crippen LogP contribution in [0, 0.1) is 0 Å². The van der Waals surface area contributed by atoms with E-state index in [1.54, 1.807) is 0 Å². The largest absolute Gasteiger partial charge is 0.370 e. The number of ether oxygens (including phenoxy) is 1. The lowest BCUT2D eigenvalue weighted by molar-refractivity contribution is -0.118. The SMILES string of the molecule is O=C(CSc1n[nH]c([C@H]2CCCO2)n1)NCCc1ccccc1. The zero-order valence-electron chi connectivity index (χ0n) is 12.8. The number of amides is 1. The minimum atomic E-state index is -0.00519. The van der Waals surface area contributed by atoms with Crippen molar-refractivity contribution in [3.63, 3.8) is 0 Å². The van der Waals surface area contributed by atoms with E-state index in [-0.39, 0.29) is 12.0 Å². The number of carbonyl (C=O) groups is 1. The summed E-state index contributed by atoms with van der Waals surface area (Å²) < 4.78 is 5.55. The summed E-state index contributed by atoms with van der Waals surface area (Å²) in [5.74, 6) is 1.07. The number of hydrogen-bond acceptors (Lipinski definition) is 5. The van der Waals surface area contributed by atoms with Crippen LogP contribution in [0.2, 0.25) is 0 Å². The second-order valence-corrected chi connectivity index (χ2v) is 6.32. The van der Waals surface area contributed by atoms with E-state index in [9.17, 15) is 4.79 Å². The topological polar surface area (TPSA) is 79.9 Å². The van der Waals surface area contributed by atoms with Crippen LogP contribution in [-0.2, 0) is 16.0 Å². The molecule has 23 heavy (non-hydrogen) atoms. The Bertz CT molecular complexity index is 626. The standard InChI is InChI=1S/C16H20N4O2S/c21-14(17-9-8-12-5-2-1-3-6-12)11-23-16-18-15(19-20-16)13-7-4-10-22-13/h1-3,5-6,13H,4,7-11H2,(H,17,21)(H,18,19,20)/t13-/m1/s1. The summed E-state index contributed by atoms with van der Waals surface area (Å²) in [6.45, 7) is 1.41. The van der Waals surface area contributed by atoms with Crippen LogP contribution in [0.25, 0.3) is 0 Å². The molecule has 0 aliphatic carbocycles. The Balaban J connectivity index is 1.37. The lowest BCUT2D eigenvalue weighted by atomic mass is 10.1. The van der Waals surface area contributed by atoms with Crippen molar-refractivity contribution in [2.75, 3.05) is 18.9 Å². The molecule has 6 nitrogen and oxygen atoms in total. The Morgan fingerprint density at radius 2 is 2.26 bits per heavy atom. The van der Waals surface area contributed by atoms with E-state index < -0.39 is 0 Å². The minimum Gasteiger partial charge on any atom is -0.370 e. The van der Waals surface area contributed by atoms with Crippen molar-refractivity contribution in [1.29, 1.82) is 0 Å². The van der Waals surface area contributed by atoms with E-state index in [0.29, 0.717) is 17.5 Å². The number of aromatic amines is 1. The van der Waals surface area contributed by atoms with Crippen LogP contribution < -0.4 is 5.32 Å². The number of rotatable bonds is 7. The highest BCUT2D eigenvalue weighted by molar-refractivity contribution is 7.99. The molecule has 1 amide bonds. The van der Waals surface area contributed by atoms with E-state index >= 15 is 0 Å². The monoisotopic (exact) mass is 332 g/mol. The van der Waals surface area contributed by atoms with Crippen molar-refractivity contribution < 1.29 is 9.53 Å². The predicted molar refractivity (Wildman–Crippen MR) is 88.2 cm³/mol. The van der Waals surface area contributed by atoms with Gasteiger partial charge in [-0.3, -0.25) is 9.89 Å². The number of H-pyrrole nitrogens is 1. The van der Waals surface area contributed by atoms with Crippen LogP contribution in [0.5, 0.6) is 0 Å². The third kappa shape index (κ3) is 4.80. The van der Waals surface area contributed by atoms with Gasteiger partial charge in [-0.1, -0.05) is 42.1 Å². The van der Waals surface area contributed by atoms with Crippen molar-refractivity contribution in [3.8, 4) is 0 Å². The number of benzene rings is 1. The predicted octanol–water partition coefficient (Wildman–Crippen LogP) is 2.11. The molecule has 0 radical (unpaired) electrons. The fourth-order valence-electron chi connectivity index (χ4n) is 2.43. The molecule has 1 aromatic carbocycles. The summed E-state index contributed by atoms with van der Waals surface area (Å²) in [5, 5.41) is 10.5. The van der Waals surface area contributed by atoms with Crippen molar-refractivity contribution in [3.05, 3.63) is 41.7 Å². The molecule has 7 heteroatoms. The first-order chi connectivity index (χ1) is 11.3. The summed E-state index contributed by atoms with van der Waals surface area (Å²) in [5.41, 5.74) is 1.22. The number of thioether (sulfide) groups is 1. The lowest BCUT2D eigenvalue weighted by Crippen LogP contribution is -2.27. The Kier molecular flexibility index (Phi) is 5.65. The van der Waals surface area contributed by atoms with Crippen molar-refractivity contribution in [2.45, 2.75) is 30.5 Å². The van der Waals surface area contributed by atoms with Gasteiger partial charge in [0.05, 0.1) is 5.75 Å². The molecule has 1 aliphatic rings. The minimum absolute atomic E-state index is 0.00519. The molecule has 0 saturated carbocycles. The highest BCUT2D eigenvalue weighted by Gasteiger charge is 2.21. The van der Waals surface area contributed by atoms with Crippen LogP contribution in [0.1, 0.15) is 30.3 Å². The van der Waals surface area contributed by atoms with Gasteiger partial charge in [0.2, 0.25) is 11.1 Å². The van der Waals surface area contributed by atoms with Crippen LogP contribution in [0.4, 0.5) is 0 Å². The highest BCUT2D eigenvalue weighted by Crippen LogP contribution is 2.26. The second kappa shape index (κ2) is 8.12. The molecular formula is C16H20N4O2S. The van der Waals surface area contributed by atoms with E-state index in [0.717, 1.165) is 31.7 Å². The molecule has 2 heterocycles. The molecule has 0 bridgehead atoms. The fraction of sp³-hybridized carbons (Fsp3) is 0.438. The van der Waals surface area contributed by atoms with Crippen molar-refractivity contribution >= 4 is 17.7 Å². The van der Waals surface area contributed by atoms with Gasteiger partial charge >= 0.3 is 0 Å². The quantitative estimate of drug-likeness (QED) is 0.759. The van der Waals surface area contributed by atoms with Gasteiger partial charge in [-0.15, -0.1) is 5.10 Å². The van der Waals surface area contributed by atoms with Crippen LogP contribution >= 0.6 is 11.8 Å². The zero-order chi connectivity index (χ0) is 15.9. The van der Waals surface area contributed by atoms with Gasteiger partial charge in [0, 0.05) is 13.2 Å². The van der Waals surface area contributed by atoms with Gasteiger partial charge in [0.15, 0.2) is 5.82 Å². The molecule has 1 saturated heterocycles. The normalized spacial score (nSPS) is 17.3. The molecule has 1 atom stereocenters. The fourth-order valence-corrected chi connectivity index (χ4v) is 3.07. The average Bonchev–Trinajstić information content (AvgIpc) is 3.25. The first-order valence-corrected chi connectivity index (χ1v) is 8.77. The Hall–Kier alpha value is -1.86. The average molecular weight is 332 g/mol. The van der Waals surface area contributed by atoms with Gasteiger partial charge in [0.25, 0.3) is 0 Å². The number of aromatic nitrogens is 3. The summed E-state index contributed by atoms with van der Waals surface area (Å²) in [4.78, 5) is 16.2. The van der Waals surface area contributed by atoms with Crippen molar-refractivity contribution in [1.82, 2.24) is 20.5 Å². The molecular weight excluding hydrogens is 312 g/mol. The van der Waals surface area contributed by atoms with E-state index in [1.807, 2.05) is 18.2 Å². The molecule has 2 N–H and O–H groups in total. The molecule has 0 spiro atoms. The van der Waals surface area contributed by atoms with Gasteiger partial charge in [-0.2, -0.15) is 0 Å². The maximum absolute atomic E-state index is 11.8. The molecule has 1 fully saturated rings. The number of carbonyl (C=O) groups excluding carboxylic acids is 1. The Morgan fingerprint density at radius 3 is 3.04 bits per heavy atom. The smallest absolute Gasteiger partial charge is 0.230 e. The van der Waals surface area contributed by atoms with Gasteiger partial charge in [-0.05, 0) is 24.8 Å². The maximum atomic E-state index is 11.8. The highest BCUT2D eigenvalue weighted by atomic mass is 32.2. The summed E-state index contributed by atoms with van der Waals surface area (Å²) >= 11 is 1.33. The molecule has 1 aliphatic heterocycles. The van der Waals surface area contributed by atoms with Gasteiger partial charge < -0.3 is 10.1 Å². The van der Waals surface area contributed by atoms with E-state index in [1.165, 1.54) is 17.3 Å². The lowest BCUT2D eigenvalue weighted by Gasteiger charge is -2.04. The Labute approximate surface area is 139 Å². The molecule has 122 valence electrons. The Morgan fingerprint density at radius 1 is 1.39 bits per heavy atom. The third-order valence-corrected chi connectivity index (χ3v) is 4.48. The van der Waals surface area contributed by atoms with E-state index in [4.69, 9.17) is 4.74 Å². The maximum Gasteiger partial charge on any atom is 0.230 e.